The molecular formula is C49H39Cl2N3O8. The molecule has 2 heterocycles. The van der Waals surface area contributed by atoms with Crippen molar-refractivity contribution in [1.29, 1.82) is 5.26 Å². The van der Waals surface area contributed by atoms with Crippen LogP contribution in [-0.2, 0) is 42.1 Å². The van der Waals surface area contributed by atoms with Crippen molar-refractivity contribution in [1.82, 2.24) is 10.2 Å². The van der Waals surface area contributed by atoms with Gasteiger partial charge in [-0.25, -0.2) is 9.59 Å². The van der Waals surface area contributed by atoms with Crippen molar-refractivity contribution in [2.45, 2.75) is 50.7 Å². The summed E-state index contributed by atoms with van der Waals surface area (Å²) < 4.78 is 18.7. The summed E-state index contributed by atoms with van der Waals surface area (Å²) in [6.45, 7) is 0.926. The zero-order valence-electron chi connectivity index (χ0n) is 33.1. The molecule has 2 unspecified atom stereocenters. The third-order valence-corrected chi connectivity index (χ3v) is 11.8. The van der Waals surface area contributed by atoms with Crippen molar-refractivity contribution in [3.05, 3.63) is 182 Å². The quantitative estimate of drug-likeness (QED) is 0.102. The predicted octanol–water partition coefficient (Wildman–Crippen LogP) is 9.06. The molecule has 0 bridgehead atoms. The average molecular weight is 869 g/mol. The Morgan fingerprint density at radius 3 is 2.21 bits per heavy atom. The number of fused-ring (bicyclic) bond motifs is 2. The summed E-state index contributed by atoms with van der Waals surface area (Å²) in [6, 6.07) is 37.9. The molecule has 3 N–H and O–H groups in total. The van der Waals surface area contributed by atoms with Gasteiger partial charge in [0.15, 0.2) is 17.6 Å². The Morgan fingerprint density at radius 1 is 0.823 bits per heavy atom. The highest BCUT2D eigenvalue weighted by Crippen LogP contribution is 2.41. The second kappa shape index (κ2) is 18.4. The molecule has 62 heavy (non-hydrogen) atoms. The number of nitrogens with one attached hydrogen (secondary N) is 1. The minimum Gasteiger partial charge on any atom is -0.489 e. The van der Waals surface area contributed by atoms with E-state index in [-0.39, 0.29) is 38.1 Å². The van der Waals surface area contributed by atoms with Crippen LogP contribution in [0.3, 0.4) is 0 Å². The Morgan fingerprint density at radius 2 is 1.52 bits per heavy atom. The number of ether oxygens (including phenoxy) is 3. The third-order valence-electron chi connectivity index (χ3n) is 11.1. The molecule has 8 rings (SSSR count). The first-order valence-electron chi connectivity index (χ1n) is 19.8. The number of carboxylic acid groups (broad SMARTS) is 2. The van der Waals surface area contributed by atoms with Gasteiger partial charge in [0.2, 0.25) is 5.91 Å². The van der Waals surface area contributed by atoms with Gasteiger partial charge in [-0.15, -0.1) is 0 Å². The summed E-state index contributed by atoms with van der Waals surface area (Å²) in [5, 5.41) is 33.1. The normalized spacial score (nSPS) is 16.0. The van der Waals surface area contributed by atoms with Crippen LogP contribution in [0.5, 0.6) is 17.2 Å². The smallest absolute Gasteiger partial charge is 0.336 e. The Bertz CT molecular complexity index is 2680. The van der Waals surface area contributed by atoms with Crippen molar-refractivity contribution in [2.24, 2.45) is 0 Å². The second-order valence-electron chi connectivity index (χ2n) is 15.2. The lowest BCUT2D eigenvalue weighted by Gasteiger charge is -2.38. The fourth-order valence-corrected chi connectivity index (χ4v) is 8.05. The zero-order chi connectivity index (χ0) is 43.3. The van der Waals surface area contributed by atoms with Crippen LogP contribution in [-0.4, -0.2) is 51.6 Å². The Kier molecular flexibility index (Phi) is 12.4. The molecule has 0 spiro atoms. The van der Waals surface area contributed by atoms with Gasteiger partial charge in [-0.3, -0.25) is 9.69 Å². The molecule has 0 radical (unpaired) electrons. The van der Waals surface area contributed by atoms with Crippen LogP contribution < -0.4 is 19.5 Å². The first-order valence-corrected chi connectivity index (χ1v) is 20.6. The molecule has 3 atom stereocenters. The molecule has 2 aliphatic rings. The molecule has 0 aliphatic carbocycles. The van der Waals surface area contributed by atoms with E-state index >= 15 is 0 Å². The summed E-state index contributed by atoms with van der Waals surface area (Å²) in [4.78, 5) is 40.9. The van der Waals surface area contributed by atoms with Crippen LogP contribution >= 0.6 is 23.2 Å². The number of carboxylic acids is 2. The highest BCUT2D eigenvalue weighted by Gasteiger charge is 2.36. The van der Waals surface area contributed by atoms with Crippen LogP contribution in [0.4, 0.5) is 0 Å². The third kappa shape index (κ3) is 9.54. The fourth-order valence-electron chi connectivity index (χ4n) is 7.73. The van der Waals surface area contributed by atoms with E-state index in [4.69, 9.17) is 42.7 Å². The number of nitrogens with zero attached hydrogens (tertiary/aromatic N) is 2. The number of halogens is 2. The van der Waals surface area contributed by atoms with Crippen LogP contribution in [0, 0.1) is 11.3 Å². The second-order valence-corrected chi connectivity index (χ2v) is 16.0. The maximum absolute atomic E-state index is 14.2. The SMILES string of the molecule is N#Cc1ccc(-c2ccc(C[C@H](NC(=O)C3Cc4cc5c(cc4CN3Cc3ccccc3C(=O)O)OC(c3ccc(OCc4ccc(Cl)c(Cl)c4)cc3)CO5)C(=O)O)cc2)cc1. The lowest BCUT2D eigenvalue weighted by Crippen LogP contribution is -2.54. The number of aliphatic carboxylic acids is 1. The standard InChI is InChI=1S/C49H39Cl2N3O8/c50-40-18-9-31(19-41(40)51)27-60-38-16-14-34(15-17-38)46-28-61-44-22-36-21-43(54(26-37(36)23-45(44)62-46)25-35-3-1-2-4-39(35)48(56)57)47(55)53-42(49(58)59)20-29-5-10-32(11-6-29)33-12-7-30(24-52)8-13-33/h1-19,22-23,42-43,46H,20-21,25-28H2,(H,53,55)(H,56,57)(H,58,59)/t42-,43?,46?/m0/s1. The van der Waals surface area contributed by atoms with Gasteiger partial charge in [0.05, 0.1) is 33.3 Å². The molecule has 6 aromatic rings. The molecule has 11 nitrogen and oxygen atoms in total. The molecule has 0 saturated carbocycles. The Labute approximate surface area is 367 Å². The minimum absolute atomic E-state index is 0.0359. The van der Waals surface area contributed by atoms with Gasteiger partial charge in [0.1, 0.15) is 25.0 Å². The van der Waals surface area contributed by atoms with Crippen LogP contribution in [0.25, 0.3) is 11.1 Å². The van der Waals surface area contributed by atoms with E-state index in [1.165, 1.54) is 6.07 Å². The molecule has 2 aliphatic heterocycles. The van der Waals surface area contributed by atoms with Crippen LogP contribution in [0.2, 0.25) is 10.0 Å². The number of amides is 1. The van der Waals surface area contributed by atoms with E-state index in [9.17, 15) is 24.6 Å². The van der Waals surface area contributed by atoms with E-state index in [1.54, 1.807) is 42.5 Å². The number of rotatable bonds is 13. The van der Waals surface area contributed by atoms with Crippen molar-refractivity contribution in [2.75, 3.05) is 6.61 Å². The van der Waals surface area contributed by atoms with Crippen LogP contribution in [0.15, 0.2) is 127 Å². The predicted molar refractivity (Wildman–Crippen MR) is 233 cm³/mol. The lowest BCUT2D eigenvalue weighted by molar-refractivity contribution is -0.142. The monoisotopic (exact) mass is 867 g/mol. The first kappa shape index (κ1) is 41.9. The topological polar surface area (TPSA) is 158 Å². The summed E-state index contributed by atoms with van der Waals surface area (Å²) in [6.07, 6.45) is -0.162. The van der Waals surface area contributed by atoms with Gasteiger partial charge < -0.3 is 29.7 Å². The van der Waals surface area contributed by atoms with Crippen molar-refractivity contribution < 1.29 is 38.8 Å². The highest BCUT2D eigenvalue weighted by atomic mass is 35.5. The number of aromatic carboxylic acids is 1. The van der Waals surface area contributed by atoms with E-state index in [0.717, 1.165) is 33.4 Å². The maximum Gasteiger partial charge on any atom is 0.336 e. The number of hydrogen-bond acceptors (Lipinski definition) is 8. The van der Waals surface area contributed by atoms with Gasteiger partial charge in [-0.1, -0.05) is 96.0 Å². The van der Waals surface area contributed by atoms with Gasteiger partial charge in [-0.05, 0) is 106 Å². The summed E-state index contributed by atoms with van der Waals surface area (Å²) >= 11 is 12.2. The summed E-state index contributed by atoms with van der Waals surface area (Å²) in [5.74, 6) is -1.05. The largest absolute Gasteiger partial charge is 0.489 e. The molecule has 1 amide bonds. The molecule has 0 aromatic heterocycles. The van der Waals surface area contributed by atoms with E-state index in [2.05, 4.69) is 11.4 Å². The van der Waals surface area contributed by atoms with Crippen LogP contribution in [0.1, 0.15) is 55.4 Å². The average Bonchev–Trinajstić information content (AvgIpc) is 3.28. The molecule has 0 saturated heterocycles. The Balaban J connectivity index is 0.988. The van der Waals surface area contributed by atoms with Gasteiger partial charge in [0, 0.05) is 19.5 Å². The number of carbonyl (C=O) groups excluding carboxylic acids is 1. The highest BCUT2D eigenvalue weighted by molar-refractivity contribution is 6.42. The minimum atomic E-state index is -1.24. The van der Waals surface area contributed by atoms with Crippen molar-refractivity contribution >= 4 is 41.0 Å². The van der Waals surface area contributed by atoms with Gasteiger partial charge >= 0.3 is 11.9 Å². The zero-order valence-corrected chi connectivity index (χ0v) is 34.6. The first-order chi connectivity index (χ1) is 30.0. The lowest BCUT2D eigenvalue weighted by atomic mass is 9.91. The van der Waals surface area contributed by atoms with E-state index in [0.29, 0.717) is 50.6 Å². The number of carbonyl (C=O) groups is 3. The Hall–Kier alpha value is -6.84. The summed E-state index contributed by atoms with van der Waals surface area (Å²) in [5.41, 5.74) is 7.17. The summed E-state index contributed by atoms with van der Waals surface area (Å²) in [7, 11) is 0. The number of hydrogen-bond donors (Lipinski definition) is 3. The van der Waals surface area contributed by atoms with Gasteiger partial charge in [0.25, 0.3) is 0 Å². The molecular weight excluding hydrogens is 829 g/mol. The molecule has 13 heteroatoms. The molecule has 312 valence electrons. The molecule has 6 aromatic carbocycles. The van der Waals surface area contributed by atoms with E-state index in [1.807, 2.05) is 83.8 Å². The fraction of sp³-hybridized carbons (Fsp3) is 0.184. The van der Waals surface area contributed by atoms with Gasteiger partial charge in [-0.2, -0.15) is 5.26 Å². The van der Waals surface area contributed by atoms with E-state index < -0.39 is 36.0 Å². The van der Waals surface area contributed by atoms with Crippen molar-refractivity contribution in [3.8, 4) is 34.4 Å². The number of nitriles is 1. The van der Waals surface area contributed by atoms with Crippen molar-refractivity contribution in [3.63, 3.8) is 0 Å². The molecule has 0 fully saturated rings. The maximum atomic E-state index is 14.2. The number of benzene rings is 6.